The van der Waals surface area contributed by atoms with Crippen molar-refractivity contribution in [3.05, 3.63) is 17.8 Å². The lowest BCUT2D eigenvalue weighted by Gasteiger charge is -2.24. The van der Waals surface area contributed by atoms with Crippen LogP contribution in [0.1, 0.15) is 12.5 Å². The number of hydrogen-bond acceptors (Lipinski definition) is 3. The maximum atomic E-state index is 12.3. The second-order valence-corrected chi connectivity index (χ2v) is 3.55. The molecule has 0 unspecified atom stereocenters. The van der Waals surface area contributed by atoms with Crippen molar-refractivity contribution in [2.75, 3.05) is 23.7 Å². The van der Waals surface area contributed by atoms with E-state index in [9.17, 15) is 13.2 Å². The van der Waals surface area contributed by atoms with Crippen molar-refractivity contribution < 1.29 is 13.2 Å². The van der Waals surface area contributed by atoms with Gasteiger partial charge in [-0.2, -0.15) is 13.2 Å². The number of halogens is 3. The van der Waals surface area contributed by atoms with Crippen LogP contribution in [0.5, 0.6) is 0 Å². The predicted molar refractivity (Wildman–Crippen MR) is 57.3 cm³/mol. The number of anilines is 2. The minimum atomic E-state index is -4.25. The van der Waals surface area contributed by atoms with Crippen molar-refractivity contribution in [2.24, 2.45) is 0 Å². The van der Waals surface area contributed by atoms with E-state index in [2.05, 4.69) is 4.98 Å². The average molecular weight is 233 g/mol. The number of nitrogens with two attached hydrogens (primary N) is 1. The van der Waals surface area contributed by atoms with Crippen molar-refractivity contribution in [2.45, 2.75) is 20.0 Å². The molecule has 0 spiro atoms. The number of nitrogens with zero attached hydrogens (tertiary/aromatic N) is 2. The van der Waals surface area contributed by atoms with Gasteiger partial charge in [0.15, 0.2) is 5.82 Å². The fourth-order valence-corrected chi connectivity index (χ4v) is 1.40. The van der Waals surface area contributed by atoms with Gasteiger partial charge in [0, 0.05) is 12.7 Å². The Morgan fingerprint density at radius 3 is 2.50 bits per heavy atom. The van der Waals surface area contributed by atoms with Gasteiger partial charge in [-0.1, -0.05) is 0 Å². The molecule has 16 heavy (non-hydrogen) atoms. The number of hydrogen-bond donors (Lipinski definition) is 1. The number of aryl methyl sites for hydroxylation is 1. The Kier molecular flexibility index (Phi) is 3.62. The zero-order valence-electron chi connectivity index (χ0n) is 9.17. The van der Waals surface area contributed by atoms with Gasteiger partial charge in [-0.15, -0.1) is 0 Å². The van der Waals surface area contributed by atoms with Crippen molar-refractivity contribution >= 4 is 11.5 Å². The van der Waals surface area contributed by atoms with Crippen molar-refractivity contribution in [3.8, 4) is 0 Å². The van der Waals surface area contributed by atoms with E-state index in [-0.39, 0.29) is 18.1 Å². The molecule has 0 saturated carbocycles. The molecule has 1 rings (SSSR count). The lowest BCUT2D eigenvalue weighted by atomic mass is 10.2. The Morgan fingerprint density at radius 2 is 2.06 bits per heavy atom. The third kappa shape index (κ3) is 3.29. The quantitative estimate of drug-likeness (QED) is 0.871. The minimum absolute atomic E-state index is 0.186. The molecule has 6 heteroatoms. The summed E-state index contributed by atoms with van der Waals surface area (Å²) in [6, 6.07) is 1.61. The van der Waals surface area contributed by atoms with Crippen LogP contribution in [0.3, 0.4) is 0 Å². The highest BCUT2D eigenvalue weighted by molar-refractivity contribution is 5.63. The number of aromatic nitrogens is 1. The Labute approximate surface area is 92.1 Å². The molecule has 90 valence electrons. The smallest absolute Gasteiger partial charge is 0.396 e. The summed E-state index contributed by atoms with van der Waals surface area (Å²) >= 11 is 0. The third-order valence-corrected chi connectivity index (χ3v) is 2.08. The Hall–Kier alpha value is -1.46. The first-order valence-electron chi connectivity index (χ1n) is 4.87. The molecule has 0 amide bonds. The van der Waals surface area contributed by atoms with Crippen LogP contribution in [-0.4, -0.2) is 24.2 Å². The summed E-state index contributed by atoms with van der Waals surface area (Å²) in [5, 5.41) is 0. The molecule has 0 atom stereocenters. The van der Waals surface area contributed by atoms with Gasteiger partial charge in [-0.3, -0.25) is 0 Å². The first-order valence-corrected chi connectivity index (χ1v) is 4.87. The maximum absolute atomic E-state index is 12.3. The number of alkyl halides is 3. The van der Waals surface area contributed by atoms with Gasteiger partial charge in [-0.25, -0.2) is 4.98 Å². The maximum Gasteiger partial charge on any atom is 0.405 e. The van der Waals surface area contributed by atoms with Crippen LogP contribution in [0.2, 0.25) is 0 Å². The fourth-order valence-electron chi connectivity index (χ4n) is 1.40. The van der Waals surface area contributed by atoms with E-state index >= 15 is 0 Å². The summed E-state index contributed by atoms with van der Waals surface area (Å²) in [7, 11) is 0. The first kappa shape index (κ1) is 12.6. The second-order valence-electron chi connectivity index (χ2n) is 3.55. The van der Waals surface area contributed by atoms with Crippen molar-refractivity contribution in [1.29, 1.82) is 0 Å². The lowest BCUT2D eigenvalue weighted by molar-refractivity contribution is -0.119. The summed E-state index contributed by atoms with van der Waals surface area (Å²) in [5.41, 5.74) is 6.74. The number of rotatable bonds is 3. The van der Waals surface area contributed by atoms with E-state index in [1.807, 2.05) is 0 Å². The molecule has 0 bridgehead atoms. The Morgan fingerprint density at radius 1 is 1.44 bits per heavy atom. The molecule has 0 aliphatic carbocycles. The van der Waals surface area contributed by atoms with Crippen LogP contribution >= 0.6 is 0 Å². The molecule has 1 aromatic heterocycles. The average Bonchev–Trinajstić information content (AvgIpc) is 2.13. The van der Waals surface area contributed by atoms with E-state index < -0.39 is 12.7 Å². The summed E-state index contributed by atoms with van der Waals surface area (Å²) in [6.07, 6.45) is -2.75. The van der Waals surface area contributed by atoms with E-state index in [0.717, 1.165) is 10.5 Å². The van der Waals surface area contributed by atoms with Crippen LogP contribution < -0.4 is 10.6 Å². The molecule has 0 aromatic carbocycles. The molecule has 0 radical (unpaired) electrons. The van der Waals surface area contributed by atoms with Crippen LogP contribution in [0.25, 0.3) is 0 Å². The molecule has 0 aliphatic heterocycles. The first-order chi connectivity index (χ1) is 7.33. The van der Waals surface area contributed by atoms with Crippen LogP contribution in [-0.2, 0) is 0 Å². The molecule has 1 heterocycles. The van der Waals surface area contributed by atoms with E-state index in [1.165, 1.54) is 6.20 Å². The van der Waals surface area contributed by atoms with E-state index in [4.69, 9.17) is 5.73 Å². The van der Waals surface area contributed by atoms with E-state index in [1.54, 1.807) is 19.9 Å². The topological polar surface area (TPSA) is 42.2 Å². The summed E-state index contributed by atoms with van der Waals surface area (Å²) < 4.78 is 36.8. The molecular formula is C10H14F3N3. The summed E-state index contributed by atoms with van der Waals surface area (Å²) in [6.45, 7) is 2.59. The molecule has 0 fully saturated rings. The SMILES string of the molecule is CCN(CC(F)(F)F)c1ncc(C)cc1N. The van der Waals surface area contributed by atoms with Gasteiger partial charge >= 0.3 is 6.18 Å². The van der Waals surface area contributed by atoms with Crippen LogP contribution in [0.15, 0.2) is 12.3 Å². The standard InChI is InChI=1S/C10H14F3N3/c1-3-16(6-10(11,12)13)9-8(14)4-7(2)5-15-9/h4-5H,3,6,14H2,1-2H3. The second kappa shape index (κ2) is 4.59. The molecular weight excluding hydrogens is 219 g/mol. The minimum Gasteiger partial charge on any atom is -0.396 e. The normalized spacial score (nSPS) is 11.6. The highest BCUT2D eigenvalue weighted by Gasteiger charge is 2.31. The summed E-state index contributed by atoms with van der Waals surface area (Å²) in [4.78, 5) is 5.04. The van der Waals surface area contributed by atoms with Gasteiger partial charge in [0.2, 0.25) is 0 Å². The largest absolute Gasteiger partial charge is 0.405 e. The molecule has 1 aromatic rings. The monoisotopic (exact) mass is 233 g/mol. The van der Waals surface area contributed by atoms with Crippen LogP contribution in [0.4, 0.5) is 24.7 Å². The zero-order valence-corrected chi connectivity index (χ0v) is 9.17. The van der Waals surface area contributed by atoms with E-state index in [0.29, 0.717) is 0 Å². The van der Waals surface area contributed by atoms with Gasteiger partial charge < -0.3 is 10.6 Å². The molecule has 3 nitrogen and oxygen atoms in total. The van der Waals surface area contributed by atoms with Gasteiger partial charge in [0.1, 0.15) is 6.54 Å². The van der Waals surface area contributed by atoms with Crippen molar-refractivity contribution in [1.82, 2.24) is 4.98 Å². The summed E-state index contributed by atoms with van der Waals surface area (Å²) in [5.74, 6) is 0.186. The number of nitrogen functional groups attached to an aromatic ring is 1. The molecule has 0 saturated heterocycles. The van der Waals surface area contributed by atoms with Crippen molar-refractivity contribution in [3.63, 3.8) is 0 Å². The van der Waals surface area contributed by atoms with Gasteiger partial charge in [0.25, 0.3) is 0 Å². The van der Waals surface area contributed by atoms with Crippen LogP contribution in [0, 0.1) is 6.92 Å². The lowest BCUT2D eigenvalue weighted by Crippen LogP contribution is -2.35. The highest BCUT2D eigenvalue weighted by Crippen LogP contribution is 2.25. The zero-order chi connectivity index (χ0) is 12.3. The predicted octanol–water partition coefficient (Wildman–Crippen LogP) is 2.36. The Bertz CT molecular complexity index is 363. The molecule has 0 aliphatic rings. The fraction of sp³-hybridized carbons (Fsp3) is 0.500. The Balaban J connectivity index is 2.95. The molecule has 2 N–H and O–H groups in total. The third-order valence-electron chi connectivity index (χ3n) is 2.08. The number of pyridine rings is 1. The van der Waals surface area contributed by atoms with Gasteiger partial charge in [0.05, 0.1) is 5.69 Å². The highest BCUT2D eigenvalue weighted by atomic mass is 19.4. The van der Waals surface area contributed by atoms with Gasteiger partial charge in [-0.05, 0) is 25.5 Å².